The fourth-order valence-electron chi connectivity index (χ4n) is 4.28. The van der Waals surface area contributed by atoms with Crippen molar-refractivity contribution in [2.24, 2.45) is 5.92 Å². The van der Waals surface area contributed by atoms with Crippen LogP contribution in [0.3, 0.4) is 0 Å². The molecule has 9 nitrogen and oxygen atoms in total. The number of carbonyl (C=O) groups is 3. The van der Waals surface area contributed by atoms with Gasteiger partial charge in [0.1, 0.15) is 11.2 Å². The van der Waals surface area contributed by atoms with E-state index < -0.39 is 5.54 Å². The third-order valence-corrected chi connectivity index (χ3v) is 6.64. The average molecular weight is 447 g/mol. The molecule has 2 aliphatic heterocycles. The Morgan fingerprint density at radius 2 is 1.81 bits per heavy atom. The standard InChI is InChI=1S/C23H38N6O3/c1-17(2)9-10-25-22(32)23(3)16-29-19(21(31)27(23)4)15-18(26-29)20(30)24-11-14-28-12-7-5-6-8-13-28/h15,17H,5-14,16H2,1-4H3,(H,24,30)(H,25,32)/t23-/m0/s1. The van der Waals surface area contributed by atoms with Crippen molar-refractivity contribution in [2.45, 2.75) is 65.0 Å². The molecule has 1 saturated heterocycles. The van der Waals surface area contributed by atoms with Crippen molar-refractivity contribution in [3.63, 3.8) is 0 Å². The monoisotopic (exact) mass is 446 g/mol. The minimum atomic E-state index is -1.06. The summed E-state index contributed by atoms with van der Waals surface area (Å²) in [5.74, 6) is -0.334. The van der Waals surface area contributed by atoms with E-state index in [1.54, 1.807) is 14.0 Å². The second kappa shape index (κ2) is 10.5. The van der Waals surface area contributed by atoms with Crippen molar-refractivity contribution in [3.05, 3.63) is 17.5 Å². The number of aromatic nitrogens is 2. The first-order valence-electron chi connectivity index (χ1n) is 11.9. The number of carbonyl (C=O) groups excluding carboxylic acids is 3. The summed E-state index contributed by atoms with van der Waals surface area (Å²) in [6.07, 6.45) is 5.84. The first-order chi connectivity index (χ1) is 15.2. The highest BCUT2D eigenvalue weighted by Gasteiger charge is 2.46. The van der Waals surface area contributed by atoms with Crippen LogP contribution in [0, 0.1) is 5.92 Å². The molecule has 1 atom stereocenters. The summed E-state index contributed by atoms with van der Waals surface area (Å²) in [6.45, 7) is 10.2. The lowest BCUT2D eigenvalue weighted by Gasteiger charge is -2.40. The number of likely N-dealkylation sites (N-methyl/N-ethyl adjacent to an activating group) is 1. The Balaban J connectivity index is 1.62. The topological polar surface area (TPSA) is 99.6 Å². The van der Waals surface area contributed by atoms with Crippen molar-refractivity contribution in [1.29, 1.82) is 0 Å². The molecule has 2 N–H and O–H groups in total. The van der Waals surface area contributed by atoms with Crippen LogP contribution in [0.1, 0.15) is 73.9 Å². The largest absolute Gasteiger partial charge is 0.354 e. The van der Waals surface area contributed by atoms with Gasteiger partial charge in [0.2, 0.25) is 5.91 Å². The highest BCUT2D eigenvalue weighted by molar-refractivity contribution is 6.01. The van der Waals surface area contributed by atoms with Crippen LogP contribution in [0.15, 0.2) is 6.07 Å². The third-order valence-electron chi connectivity index (χ3n) is 6.64. The summed E-state index contributed by atoms with van der Waals surface area (Å²) < 4.78 is 1.49. The Morgan fingerprint density at radius 1 is 1.12 bits per heavy atom. The van der Waals surface area contributed by atoms with E-state index >= 15 is 0 Å². The fraction of sp³-hybridized carbons (Fsp3) is 0.739. The second-order valence-corrected chi connectivity index (χ2v) is 9.66. The summed E-state index contributed by atoms with van der Waals surface area (Å²) in [7, 11) is 1.63. The lowest BCUT2D eigenvalue weighted by molar-refractivity contribution is -0.132. The van der Waals surface area contributed by atoms with E-state index in [1.165, 1.54) is 41.3 Å². The Hall–Kier alpha value is -2.42. The van der Waals surface area contributed by atoms with E-state index in [0.717, 1.165) is 26.1 Å². The van der Waals surface area contributed by atoms with Gasteiger partial charge in [0.15, 0.2) is 5.69 Å². The van der Waals surface area contributed by atoms with Gasteiger partial charge in [0.25, 0.3) is 11.8 Å². The molecule has 1 aromatic rings. The Labute approximate surface area is 190 Å². The van der Waals surface area contributed by atoms with E-state index in [4.69, 9.17) is 0 Å². The number of rotatable bonds is 8. The predicted molar refractivity (Wildman–Crippen MR) is 122 cm³/mol. The molecule has 3 heterocycles. The molecular formula is C23H38N6O3. The van der Waals surface area contributed by atoms with Gasteiger partial charge in [-0.15, -0.1) is 0 Å². The summed E-state index contributed by atoms with van der Waals surface area (Å²) in [6, 6.07) is 1.52. The summed E-state index contributed by atoms with van der Waals surface area (Å²) in [4.78, 5) is 42.3. The van der Waals surface area contributed by atoms with E-state index in [1.807, 2.05) is 0 Å². The maximum Gasteiger partial charge on any atom is 0.272 e. The zero-order valence-electron chi connectivity index (χ0n) is 19.9. The minimum Gasteiger partial charge on any atom is -0.354 e. The van der Waals surface area contributed by atoms with E-state index in [2.05, 4.69) is 34.5 Å². The molecule has 0 aliphatic carbocycles. The van der Waals surface area contributed by atoms with Crippen LogP contribution in [0.25, 0.3) is 0 Å². The summed E-state index contributed by atoms with van der Waals surface area (Å²) in [5, 5.41) is 10.2. The molecule has 0 radical (unpaired) electrons. The Bertz CT molecular complexity index is 828. The third kappa shape index (κ3) is 5.49. The zero-order valence-corrected chi connectivity index (χ0v) is 19.9. The first kappa shape index (κ1) is 24.2. The molecule has 3 rings (SSSR count). The number of amides is 3. The van der Waals surface area contributed by atoms with Crippen molar-refractivity contribution in [3.8, 4) is 0 Å². The molecule has 2 aliphatic rings. The van der Waals surface area contributed by atoms with Crippen LogP contribution >= 0.6 is 0 Å². The van der Waals surface area contributed by atoms with E-state index in [-0.39, 0.29) is 30.0 Å². The first-order valence-corrected chi connectivity index (χ1v) is 11.9. The van der Waals surface area contributed by atoms with E-state index in [0.29, 0.717) is 24.7 Å². The normalized spacial score (nSPS) is 21.9. The van der Waals surface area contributed by atoms with Gasteiger partial charge in [0.05, 0.1) is 6.54 Å². The maximum atomic E-state index is 13.0. The smallest absolute Gasteiger partial charge is 0.272 e. The minimum absolute atomic E-state index is 0.207. The van der Waals surface area contributed by atoms with Crippen molar-refractivity contribution < 1.29 is 14.4 Å². The molecule has 1 aromatic heterocycles. The number of fused-ring (bicyclic) bond motifs is 1. The predicted octanol–water partition coefficient (Wildman–Crippen LogP) is 1.50. The molecule has 0 saturated carbocycles. The van der Waals surface area contributed by atoms with Crippen LogP contribution in [-0.2, 0) is 11.3 Å². The molecule has 0 unspecified atom stereocenters. The van der Waals surface area contributed by atoms with Gasteiger partial charge in [-0.05, 0) is 45.2 Å². The van der Waals surface area contributed by atoms with Crippen LogP contribution in [0.4, 0.5) is 0 Å². The van der Waals surface area contributed by atoms with Gasteiger partial charge in [-0.25, -0.2) is 0 Å². The molecule has 32 heavy (non-hydrogen) atoms. The molecule has 0 aromatic carbocycles. The SMILES string of the molecule is CC(C)CCNC(=O)[C@]1(C)Cn2nc(C(=O)NCCN3CCCCCC3)cc2C(=O)N1C. The average Bonchev–Trinajstić information content (AvgIpc) is 2.99. The summed E-state index contributed by atoms with van der Waals surface area (Å²) in [5.41, 5.74) is -0.521. The molecule has 0 spiro atoms. The Morgan fingerprint density at radius 3 is 2.47 bits per heavy atom. The highest BCUT2D eigenvalue weighted by Crippen LogP contribution is 2.26. The quantitative estimate of drug-likeness (QED) is 0.630. The molecule has 9 heteroatoms. The van der Waals surface area contributed by atoms with Crippen molar-refractivity contribution >= 4 is 17.7 Å². The van der Waals surface area contributed by atoms with Crippen molar-refractivity contribution in [2.75, 3.05) is 39.8 Å². The fourth-order valence-corrected chi connectivity index (χ4v) is 4.28. The molecule has 1 fully saturated rings. The molecule has 3 amide bonds. The van der Waals surface area contributed by atoms with Gasteiger partial charge in [-0.2, -0.15) is 5.10 Å². The van der Waals surface area contributed by atoms with Gasteiger partial charge < -0.3 is 20.4 Å². The van der Waals surface area contributed by atoms with Gasteiger partial charge in [-0.1, -0.05) is 26.7 Å². The van der Waals surface area contributed by atoms with Gasteiger partial charge >= 0.3 is 0 Å². The van der Waals surface area contributed by atoms with Crippen LogP contribution in [0.2, 0.25) is 0 Å². The lowest BCUT2D eigenvalue weighted by Crippen LogP contribution is -2.62. The molecule has 0 bridgehead atoms. The zero-order chi connectivity index (χ0) is 23.3. The summed E-state index contributed by atoms with van der Waals surface area (Å²) >= 11 is 0. The number of hydrogen-bond acceptors (Lipinski definition) is 5. The highest BCUT2D eigenvalue weighted by atomic mass is 16.2. The Kier molecular flexibility index (Phi) is 7.92. The lowest BCUT2D eigenvalue weighted by atomic mass is 9.95. The maximum absolute atomic E-state index is 13.0. The number of nitrogens with zero attached hydrogens (tertiary/aromatic N) is 4. The number of nitrogens with one attached hydrogen (secondary N) is 2. The van der Waals surface area contributed by atoms with Crippen LogP contribution < -0.4 is 10.6 Å². The molecular weight excluding hydrogens is 408 g/mol. The number of hydrogen-bond donors (Lipinski definition) is 2. The van der Waals surface area contributed by atoms with Crippen LogP contribution in [-0.4, -0.2) is 82.6 Å². The second-order valence-electron chi connectivity index (χ2n) is 9.66. The van der Waals surface area contributed by atoms with Crippen molar-refractivity contribution in [1.82, 2.24) is 30.2 Å². The van der Waals surface area contributed by atoms with Crippen LogP contribution in [0.5, 0.6) is 0 Å². The van der Waals surface area contributed by atoms with E-state index in [9.17, 15) is 14.4 Å². The van der Waals surface area contributed by atoms with Gasteiger partial charge in [-0.3, -0.25) is 19.1 Å². The van der Waals surface area contributed by atoms with Gasteiger partial charge in [0, 0.05) is 32.7 Å². The molecule has 178 valence electrons. The number of likely N-dealkylation sites (tertiary alicyclic amines) is 1.